The van der Waals surface area contributed by atoms with E-state index >= 15 is 0 Å². The van der Waals surface area contributed by atoms with Gasteiger partial charge < -0.3 is 14.4 Å². The fraction of sp³-hybridized carbons (Fsp3) is 0.733. The smallest absolute Gasteiger partial charge is 0.310 e. The first kappa shape index (κ1) is 14.5. The van der Waals surface area contributed by atoms with Gasteiger partial charge in [-0.1, -0.05) is 6.92 Å². The van der Waals surface area contributed by atoms with E-state index in [0.717, 1.165) is 19.5 Å². The molecule has 2 fully saturated rings. The molecule has 6 nitrogen and oxygen atoms in total. The minimum atomic E-state index is -0.755. The number of carboxylic acid groups (broad SMARTS) is 1. The van der Waals surface area contributed by atoms with Crippen LogP contribution in [-0.2, 0) is 16.1 Å². The first-order valence-electron chi connectivity index (χ1n) is 7.76. The number of rotatable bonds is 7. The fourth-order valence-electron chi connectivity index (χ4n) is 3.13. The Labute approximate surface area is 124 Å². The van der Waals surface area contributed by atoms with E-state index < -0.39 is 11.9 Å². The Kier molecular flexibility index (Phi) is 4.26. The maximum absolute atomic E-state index is 11.4. The molecule has 2 atom stereocenters. The third-order valence-electron chi connectivity index (χ3n) is 4.40. The molecule has 1 saturated carbocycles. The van der Waals surface area contributed by atoms with Crippen molar-refractivity contribution >= 4 is 5.97 Å². The first-order valence-corrected chi connectivity index (χ1v) is 7.76. The number of ether oxygens (including phenoxy) is 1. The summed E-state index contributed by atoms with van der Waals surface area (Å²) in [7, 11) is 0. The fourth-order valence-corrected chi connectivity index (χ4v) is 3.13. The maximum Gasteiger partial charge on any atom is 0.310 e. The van der Waals surface area contributed by atoms with Crippen LogP contribution in [0.5, 0.6) is 0 Å². The van der Waals surface area contributed by atoms with Crippen LogP contribution in [0.1, 0.15) is 37.9 Å². The van der Waals surface area contributed by atoms with Crippen LogP contribution in [0.25, 0.3) is 0 Å². The average molecular weight is 293 g/mol. The lowest BCUT2D eigenvalue weighted by molar-refractivity contribution is -0.143. The average Bonchev–Trinajstić information content (AvgIpc) is 3.01. The molecule has 1 aromatic heterocycles. The lowest BCUT2D eigenvalue weighted by Gasteiger charge is -2.30. The van der Waals surface area contributed by atoms with Gasteiger partial charge in [-0.05, 0) is 25.8 Å². The van der Waals surface area contributed by atoms with Crippen molar-refractivity contribution in [3.63, 3.8) is 0 Å². The Morgan fingerprint density at radius 2 is 2.33 bits per heavy atom. The zero-order chi connectivity index (χ0) is 14.8. The third kappa shape index (κ3) is 3.11. The highest BCUT2D eigenvalue weighted by molar-refractivity contribution is 5.71. The van der Waals surface area contributed by atoms with Crippen molar-refractivity contribution in [1.82, 2.24) is 14.5 Å². The number of aliphatic carboxylic acids is 1. The normalized spacial score (nSPS) is 25.6. The molecule has 6 heteroatoms. The summed E-state index contributed by atoms with van der Waals surface area (Å²) >= 11 is 0. The molecule has 116 valence electrons. The summed E-state index contributed by atoms with van der Waals surface area (Å²) in [5, 5.41) is 9.36. The molecule has 2 unspecified atom stereocenters. The second-order valence-corrected chi connectivity index (χ2v) is 6.04. The van der Waals surface area contributed by atoms with E-state index in [-0.39, 0.29) is 6.04 Å². The summed E-state index contributed by atoms with van der Waals surface area (Å²) in [5.41, 5.74) is 1.18. The van der Waals surface area contributed by atoms with Crippen LogP contribution in [0, 0.1) is 5.92 Å². The molecular weight excluding hydrogens is 270 g/mol. The summed E-state index contributed by atoms with van der Waals surface area (Å²) in [4.78, 5) is 17.9. The van der Waals surface area contributed by atoms with E-state index in [2.05, 4.69) is 21.4 Å². The van der Waals surface area contributed by atoms with E-state index in [4.69, 9.17) is 4.74 Å². The van der Waals surface area contributed by atoms with Crippen LogP contribution in [0.2, 0.25) is 0 Å². The van der Waals surface area contributed by atoms with Gasteiger partial charge in [0, 0.05) is 24.8 Å². The highest BCUT2D eigenvalue weighted by atomic mass is 16.5. The number of hydrogen-bond acceptors (Lipinski definition) is 4. The van der Waals surface area contributed by atoms with E-state index in [0.29, 0.717) is 19.3 Å². The van der Waals surface area contributed by atoms with E-state index in [1.54, 1.807) is 0 Å². The van der Waals surface area contributed by atoms with Crippen molar-refractivity contribution in [2.75, 3.05) is 19.8 Å². The van der Waals surface area contributed by atoms with Gasteiger partial charge in [-0.15, -0.1) is 0 Å². The quantitative estimate of drug-likeness (QED) is 0.825. The van der Waals surface area contributed by atoms with Crippen LogP contribution in [0.3, 0.4) is 0 Å². The Morgan fingerprint density at radius 3 is 3.00 bits per heavy atom. The Hall–Kier alpha value is -1.40. The third-order valence-corrected chi connectivity index (χ3v) is 4.40. The molecular formula is C15H23N3O3. The standard InChI is InChI=1S/C15H23N3O3/c1-2-5-17(14-9-21-8-13(14)15(19)20)7-12-6-16-10-18(12)11-3-4-11/h6,10-11,13-14H,2-5,7-9H2,1H3,(H,19,20). The molecule has 1 N–H and O–H groups in total. The molecule has 2 heterocycles. The second kappa shape index (κ2) is 6.15. The van der Waals surface area contributed by atoms with Gasteiger partial charge in [-0.25, -0.2) is 4.98 Å². The lowest BCUT2D eigenvalue weighted by atomic mass is 10.0. The van der Waals surface area contributed by atoms with Crippen molar-refractivity contribution in [1.29, 1.82) is 0 Å². The predicted molar refractivity (Wildman–Crippen MR) is 76.9 cm³/mol. The van der Waals surface area contributed by atoms with Crippen LogP contribution in [-0.4, -0.2) is 51.3 Å². The molecule has 0 amide bonds. The Morgan fingerprint density at radius 1 is 1.52 bits per heavy atom. The highest BCUT2D eigenvalue weighted by Gasteiger charge is 2.38. The van der Waals surface area contributed by atoms with Crippen LogP contribution >= 0.6 is 0 Å². The van der Waals surface area contributed by atoms with Gasteiger partial charge >= 0.3 is 5.97 Å². The van der Waals surface area contributed by atoms with Gasteiger partial charge in [-0.3, -0.25) is 9.69 Å². The molecule has 1 aromatic rings. The van der Waals surface area contributed by atoms with Crippen molar-refractivity contribution in [2.45, 2.75) is 44.8 Å². The zero-order valence-electron chi connectivity index (χ0n) is 12.4. The maximum atomic E-state index is 11.4. The SMILES string of the molecule is CCCN(Cc1cncn1C1CC1)C1COCC1C(=O)O. The lowest BCUT2D eigenvalue weighted by Crippen LogP contribution is -2.43. The highest BCUT2D eigenvalue weighted by Crippen LogP contribution is 2.36. The summed E-state index contributed by atoms with van der Waals surface area (Å²) in [5.74, 6) is -1.18. The van der Waals surface area contributed by atoms with Gasteiger partial charge in [0.25, 0.3) is 0 Å². The molecule has 2 aliphatic rings. The molecule has 3 rings (SSSR count). The largest absolute Gasteiger partial charge is 0.481 e. The summed E-state index contributed by atoms with van der Waals surface area (Å²) in [6.07, 6.45) is 7.26. The van der Waals surface area contributed by atoms with Gasteiger partial charge in [0.1, 0.15) is 0 Å². The van der Waals surface area contributed by atoms with Gasteiger partial charge in [0.2, 0.25) is 0 Å². The van der Waals surface area contributed by atoms with Gasteiger partial charge in [0.05, 0.1) is 31.2 Å². The molecule has 0 aromatic carbocycles. The van der Waals surface area contributed by atoms with E-state index in [9.17, 15) is 9.90 Å². The minimum Gasteiger partial charge on any atom is -0.481 e. The molecule has 0 radical (unpaired) electrons. The van der Waals surface area contributed by atoms with Crippen LogP contribution in [0.4, 0.5) is 0 Å². The van der Waals surface area contributed by atoms with Crippen molar-refractivity contribution in [3.8, 4) is 0 Å². The van der Waals surface area contributed by atoms with Crippen molar-refractivity contribution in [2.24, 2.45) is 5.92 Å². The molecule has 1 aliphatic heterocycles. The number of carbonyl (C=O) groups is 1. The molecule has 21 heavy (non-hydrogen) atoms. The number of aromatic nitrogens is 2. The first-order chi connectivity index (χ1) is 10.2. The minimum absolute atomic E-state index is 0.0370. The number of carboxylic acids is 1. The van der Waals surface area contributed by atoms with E-state index in [1.165, 1.54) is 18.5 Å². The Bertz CT molecular complexity index is 498. The molecule has 0 spiro atoms. The van der Waals surface area contributed by atoms with E-state index in [1.807, 2.05) is 12.5 Å². The van der Waals surface area contributed by atoms with Crippen LogP contribution in [0.15, 0.2) is 12.5 Å². The topological polar surface area (TPSA) is 67.6 Å². The van der Waals surface area contributed by atoms with Crippen LogP contribution < -0.4 is 0 Å². The summed E-state index contributed by atoms with van der Waals surface area (Å²) in [6.45, 7) is 4.59. The number of imidazole rings is 1. The number of hydrogen-bond donors (Lipinski definition) is 1. The molecule has 0 bridgehead atoms. The monoisotopic (exact) mass is 293 g/mol. The van der Waals surface area contributed by atoms with Crippen molar-refractivity contribution in [3.05, 3.63) is 18.2 Å². The predicted octanol–water partition coefficient (Wildman–Crippen LogP) is 1.53. The summed E-state index contributed by atoms with van der Waals surface area (Å²) < 4.78 is 7.67. The molecule has 1 saturated heterocycles. The molecule has 1 aliphatic carbocycles. The zero-order valence-corrected chi connectivity index (χ0v) is 12.4. The van der Waals surface area contributed by atoms with Gasteiger partial charge in [0.15, 0.2) is 0 Å². The van der Waals surface area contributed by atoms with Crippen molar-refractivity contribution < 1.29 is 14.6 Å². The summed E-state index contributed by atoms with van der Waals surface area (Å²) in [6, 6.07) is 0.561. The second-order valence-electron chi connectivity index (χ2n) is 6.04. The van der Waals surface area contributed by atoms with Gasteiger partial charge in [-0.2, -0.15) is 0 Å². The number of nitrogens with zero attached hydrogens (tertiary/aromatic N) is 3. The Balaban J connectivity index is 1.74.